The topological polar surface area (TPSA) is 47.3 Å². The molecule has 0 spiro atoms. The van der Waals surface area contributed by atoms with Gasteiger partial charge in [0, 0.05) is 16.6 Å². The largest absolute Gasteiger partial charge is 0.496 e. The van der Waals surface area contributed by atoms with Gasteiger partial charge in [-0.1, -0.05) is 29.3 Å². The van der Waals surface area contributed by atoms with Crippen LogP contribution in [-0.2, 0) is 0 Å². The minimum absolute atomic E-state index is 0.0884. The second-order valence-electron chi connectivity index (χ2n) is 4.70. The highest BCUT2D eigenvalue weighted by atomic mass is 35.5. The third-order valence-electron chi connectivity index (χ3n) is 3.03. The van der Waals surface area contributed by atoms with Gasteiger partial charge in [-0.25, -0.2) is 0 Å². The molecule has 1 atom stereocenters. The number of halogens is 2. The van der Waals surface area contributed by atoms with Crippen LogP contribution in [0.3, 0.4) is 0 Å². The van der Waals surface area contributed by atoms with Crippen LogP contribution in [0.4, 0.5) is 0 Å². The number of aromatic nitrogens is 2. The molecule has 20 heavy (non-hydrogen) atoms. The minimum atomic E-state index is -0.931. The Morgan fingerprint density at radius 3 is 2.60 bits per heavy atom. The van der Waals surface area contributed by atoms with Crippen molar-refractivity contribution in [3.05, 3.63) is 45.7 Å². The van der Waals surface area contributed by atoms with Gasteiger partial charge in [0.05, 0.1) is 24.0 Å². The molecule has 0 amide bonds. The second-order valence-corrected chi connectivity index (χ2v) is 5.55. The number of hydrogen-bond donors (Lipinski definition) is 1. The van der Waals surface area contributed by atoms with Crippen molar-refractivity contribution in [3.8, 4) is 5.75 Å². The first-order chi connectivity index (χ1) is 9.45. The molecule has 1 N–H and O–H groups in total. The Bertz CT molecular complexity index is 611. The molecule has 1 unspecified atom stereocenters. The number of aliphatic hydroxyl groups is 1. The summed E-state index contributed by atoms with van der Waals surface area (Å²) in [5, 5.41) is 15.8. The lowest BCUT2D eigenvalue weighted by molar-refractivity contribution is 0.200. The van der Waals surface area contributed by atoms with Crippen LogP contribution in [0, 0.1) is 0 Å². The van der Waals surface area contributed by atoms with Gasteiger partial charge < -0.3 is 9.84 Å². The van der Waals surface area contributed by atoms with E-state index in [4.69, 9.17) is 27.9 Å². The van der Waals surface area contributed by atoms with Gasteiger partial charge in [0.15, 0.2) is 0 Å². The first kappa shape index (κ1) is 15.2. The molecular weight excluding hydrogens is 299 g/mol. The zero-order valence-electron chi connectivity index (χ0n) is 11.5. The van der Waals surface area contributed by atoms with E-state index in [1.807, 2.05) is 13.8 Å². The van der Waals surface area contributed by atoms with E-state index < -0.39 is 6.10 Å². The van der Waals surface area contributed by atoms with Crippen LogP contribution >= 0.6 is 23.2 Å². The average Bonchev–Trinajstić information content (AvgIpc) is 2.79. The van der Waals surface area contributed by atoms with E-state index in [1.54, 1.807) is 22.9 Å². The molecule has 2 rings (SSSR count). The Kier molecular flexibility index (Phi) is 4.58. The summed E-state index contributed by atoms with van der Waals surface area (Å²) in [5.41, 5.74) is 1.14. The SMILES string of the molecule is COc1cc(Cl)ccc1C(O)c1c(Cl)cnn1C(C)C. The summed E-state index contributed by atoms with van der Waals surface area (Å²) in [6.45, 7) is 3.94. The molecule has 0 saturated heterocycles. The van der Waals surface area contributed by atoms with Crippen LogP contribution in [0.25, 0.3) is 0 Å². The Morgan fingerprint density at radius 2 is 2.00 bits per heavy atom. The highest BCUT2D eigenvalue weighted by molar-refractivity contribution is 6.31. The van der Waals surface area contributed by atoms with Gasteiger partial charge in [-0.2, -0.15) is 5.10 Å². The molecule has 0 fully saturated rings. The van der Waals surface area contributed by atoms with Crippen molar-refractivity contribution < 1.29 is 9.84 Å². The lowest BCUT2D eigenvalue weighted by Gasteiger charge is -2.19. The van der Waals surface area contributed by atoms with Crippen LogP contribution in [0.2, 0.25) is 10.0 Å². The van der Waals surface area contributed by atoms with Crippen molar-refractivity contribution in [1.82, 2.24) is 9.78 Å². The van der Waals surface area contributed by atoms with Gasteiger partial charge in [0.1, 0.15) is 11.9 Å². The van der Waals surface area contributed by atoms with Crippen molar-refractivity contribution in [2.24, 2.45) is 0 Å². The molecule has 0 radical (unpaired) electrons. The van der Waals surface area contributed by atoms with Gasteiger partial charge in [0.25, 0.3) is 0 Å². The van der Waals surface area contributed by atoms with Crippen molar-refractivity contribution in [1.29, 1.82) is 0 Å². The molecule has 0 bridgehead atoms. The summed E-state index contributed by atoms with van der Waals surface area (Å²) in [7, 11) is 1.53. The molecule has 0 aliphatic carbocycles. The summed E-state index contributed by atoms with van der Waals surface area (Å²) in [4.78, 5) is 0. The number of ether oxygens (including phenoxy) is 1. The molecule has 0 saturated carbocycles. The van der Waals surface area contributed by atoms with Gasteiger partial charge in [0.2, 0.25) is 0 Å². The van der Waals surface area contributed by atoms with E-state index in [1.165, 1.54) is 13.3 Å². The summed E-state index contributed by atoms with van der Waals surface area (Å²) in [6, 6.07) is 5.17. The maximum atomic E-state index is 10.6. The van der Waals surface area contributed by atoms with E-state index in [-0.39, 0.29) is 6.04 Å². The molecule has 6 heteroatoms. The number of nitrogens with zero attached hydrogens (tertiary/aromatic N) is 2. The van der Waals surface area contributed by atoms with Crippen LogP contribution in [0.15, 0.2) is 24.4 Å². The normalized spacial score (nSPS) is 12.8. The van der Waals surface area contributed by atoms with Crippen molar-refractivity contribution in [3.63, 3.8) is 0 Å². The van der Waals surface area contributed by atoms with E-state index in [2.05, 4.69) is 5.10 Å². The highest BCUT2D eigenvalue weighted by Gasteiger charge is 2.24. The third kappa shape index (κ3) is 2.77. The summed E-state index contributed by atoms with van der Waals surface area (Å²) >= 11 is 12.1. The summed E-state index contributed by atoms with van der Waals surface area (Å²) in [5.74, 6) is 0.512. The van der Waals surface area contributed by atoms with Crippen molar-refractivity contribution in [2.45, 2.75) is 26.0 Å². The fraction of sp³-hybridized carbons (Fsp3) is 0.357. The van der Waals surface area contributed by atoms with E-state index in [0.29, 0.717) is 27.1 Å². The number of hydrogen-bond acceptors (Lipinski definition) is 3. The quantitative estimate of drug-likeness (QED) is 0.932. The standard InChI is InChI=1S/C14H16Cl2N2O2/c1-8(2)18-13(11(16)7-17-18)14(19)10-5-4-9(15)6-12(10)20-3/h4-8,14,19H,1-3H3. The van der Waals surface area contributed by atoms with Crippen LogP contribution in [0.1, 0.15) is 37.3 Å². The molecule has 1 aromatic carbocycles. The predicted molar refractivity (Wildman–Crippen MR) is 79.7 cm³/mol. The number of aliphatic hydroxyl groups excluding tert-OH is 1. The number of rotatable bonds is 4. The number of benzene rings is 1. The highest BCUT2D eigenvalue weighted by Crippen LogP contribution is 2.35. The lowest BCUT2D eigenvalue weighted by atomic mass is 10.0. The molecular formula is C14H16Cl2N2O2. The molecule has 0 aliphatic rings. The first-order valence-corrected chi connectivity index (χ1v) is 6.95. The third-order valence-corrected chi connectivity index (χ3v) is 3.55. The lowest BCUT2D eigenvalue weighted by Crippen LogP contribution is -2.13. The van der Waals surface area contributed by atoms with E-state index >= 15 is 0 Å². The van der Waals surface area contributed by atoms with E-state index in [0.717, 1.165) is 0 Å². The Labute approximate surface area is 127 Å². The van der Waals surface area contributed by atoms with Crippen LogP contribution in [-0.4, -0.2) is 22.0 Å². The van der Waals surface area contributed by atoms with Gasteiger partial charge >= 0.3 is 0 Å². The van der Waals surface area contributed by atoms with Gasteiger partial charge in [-0.15, -0.1) is 0 Å². The fourth-order valence-corrected chi connectivity index (χ4v) is 2.47. The minimum Gasteiger partial charge on any atom is -0.496 e. The maximum Gasteiger partial charge on any atom is 0.126 e. The molecule has 0 aliphatic heterocycles. The summed E-state index contributed by atoms with van der Waals surface area (Å²) in [6.07, 6.45) is 0.599. The predicted octanol–water partition coefficient (Wildman–Crippen LogP) is 3.86. The Hall–Kier alpha value is -1.23. The Morgan fingerprint density at radius 1 is 1.30 bits per heavy atom. The van der Waals surface area contributed by atoms with Gasteiger partial charge in [-0.3, -0.25) is 4.68 Å². The van der Waals surface area contributed by atoms with E-state index in [9.17, 15) is 5.11 Å². The monoisotopic (exact) mass is 314 g/mol. The summed E-state index contributed by atoms with van der Waals surface area (Å²) < 4.78 is 6.96. The van der Waals surface area contributed by atoms with Crippen molar-refractivity contribution >= 4 is 23.2 Å². The zero-order valence-corrected chi connectivity index (χ0v) is 13.0. The molecule has 4 nitrogen and oxygen atoms in total. The molecule has 1 aromatic heterocycles. The van der Waals surface area contributed by atoms with Crippen molar-refractivity contribution in [2.75, 3.05) is 7.11 Å². The Balaban J connectivity index is 2.51. The smallest absolute Gasteiger partial charge is 0.126 e. The molecule has 1 heterocycles. The van der Waals surface area contributed by atoms with Gasteiger partial charge in [-0.05, 0) is 26.0 Å². The zero-order chi connectivity index (χ0) is 14.9. The first-order valence-electron chi connectivity index (χ1n) is 6.20. The fourth-order valence-electron chi connectivity index (χ4n) is 2.08. The second kappa shape index (κ2) is 6.04. The van der Waals surface area contributed by atoms with Crippen LogP contribution < -0.4 is 4.74 Å². The average molecular weight is 315 g/mol. The maximum absolute atomic E-state index is 10.6. The van der Waals surface area contributed by atoms with Crippen LogP contribution in [0.5, 0.6) is 5.75 Å². The number of methoxy groups -OCH3 is 1. The molecule has 108 valence electrons. The molecule has 2 aromatic rings.